The first-order chi connectivity index (χ1) is 11.1. The van der Waals surface area contributed by atoms with Crippen molar-refractivity contribution < 1.29 is 17.9 Å². The van der Waals surface area contributed by atoms with Crippen molar-refractivity contribution in [3.8, 4) is 0 Å². The number of pyridine rings is 1. The fourth-order valence-electron chi connectivity index (χ4n) is 2.30. The molecule has 0 amide bonds. The molecular formula is C16H14N2O4S. The van der Waals surface area contributed by atoms with Gasteiger partial charge < -0.3 is 4.74 Å². The van der Waals surface area contributed by atoms with Crippen molar-refractivity contribution in [1.29, 1.82) is 0 Å². The van der Waals surface area contributed by atoms with Crippen LogP contribution >= 0.6 is 0 Å². The lowest BCUT2D eigenvalue weighted by atomic mass is 10.3. The van der Waals surface area contributed by atoms with E-state index in [2.05, 4.69) is 4.98 Å². The predicted octanol–water partition coefficient (Wildman–Crippen LogP) is 2.45. The monoisotopic (exact) mass is 330 g/mol. The van der Waals surface area contributed by atoms with E-state index < -0.39 is 16.0 Å². The molecule has 118 valence electrons. The van der Waals surface area contributed by atoms with Crippen LogP contribution in [0.1, 0.15) is 17.4 Å². The number of hydrogen-bond acceptors (Lipinski definition) is 5. The Balaban J connectivity index is 2.31. The van der Waals surface area contributed by atoms with Crippen LogP contribution in [0.15, 0.2) is 59.6 Å². The molecule has 3 aromatic rings. The minimum atomic E-state index is -3.96. The summed E-state index contributed by atoms with van der Waals surface area (Å²) in [4.78, 5) is 16.4. The van der Waals surface area contributed by atoms with Gasteiger partial charge in [-0.05, 0) is 37.3 Å². The molecular weight excluding hydrogens is 316 g/mol. The van der Waals surface area contributed by atoms with E-state index in [9.17, 15) is 13.2 Å². The molecule has 3 rings (SSSR count). The molecule has 1 aromatic carbocycles. The van der Waals surface area contributed by atoms with Crippen LogP contribution in [0.4, 0.5) is 0 Å². The fraction of sp³-hybridized carbons (Fsp3) is 0.125. The van der Waals surface area contributed by atoms with Gasteiger partial charge in [-0.1, -0.05) is 18.2 Å². The number of carbonyl (C=O) groups is 1. The molecule has 0 atom stereocenters. The maximum atomic E-state index is 13.0. The van der Waals surface area contributed by atoms with Gasteiger partial charge in [0, 0.05) is 11.6 Å². The maximum Gasteiger partial charge on any atom is 0.356 e. The Morgan fingerprint density at radius 1 is 1.17 bits per heavy atom. The molecule has 0 aliphatic heterocycles. The molecule has 2 aromatic heterocycles. The van der Waals surface area contributed by atoms with Crippen LogP contribution in [-0.2, 0) is 14.8 Å². The molecule has 0 saturated carbocycles. The van der Waals surface area contributed by atoms with E-state index in [1.165, 1.54) is 24.4 Å². The van der Waals surface area contributed by atoms with Crippen LogP contribution in [0, 0.1) is 0 Å². The van der Waals surface area contributed by atoms with Gasteiger partial charge >= 0.3 is 5.97 Å². The van der Waals surface area contributed by atoms with E-state index in [0.29, 0.717) is 5.39 Å². The van der Waals surface area contributed by atoms with Gasteiger partial charge in [0.2, 0.25) is 0 Å². The zero-order chi connectivity index (χ0) is 16.4. The minimum absolute atomic E-state index is 0.0654. The van der Waals surface area contributed by atoms with E-state index in [0.717, 1.165) is 3.97 Å². The maximum absolute atomic E-state index is 13.0. The molecule has 0 N–H and O–H groups in total. The average Bonchev–Trinajstić information content (AvgIpc) is 2.96. The molecule has 0 fully saturated rings. The molecule has 0 saturated heterocycles. The highest BCUT2D eigenvalue weighted by atomic mass is 32.2. The van der Waals surface area contributed by atoms with Crippen molar-refractivity contribution in [3.05, 3.63) is 60.4 Å². The Bertz CT molecular complexity index is 962. The number of rotatable bonds is 4. The summed E-state index contributed by atoms with van der Waals surface area (Å²) in [6, 6.07) is 12.8. The van der Waals surface area contributed by atoms with E-state index in [1.807, 2.05) is 0 Å². The number of esters is 1. The quantitative estimate of drug-likeness (QED) is 0.687. The van der Waals surface area contributed by atoms with Gasteiger partial charge in [0.25, 0.3) is 10.0 Å². The topological polar surface area (TPSA) is 78.3 Å². The van der Waals surface area contributed by atoms with E-state index in [4.69, 9.17) is 4.74 Å². The highest BCUT2D eigenvalue weighted by Gasteiger charge is 2.27. The smallest absolute Gasteiger partial charge is 0.356 e. The van der Waals surface area contributed by atoms with Crippen LogP contribution < -0.4 is 0 Å². The molecule has 23 heavy (non-hydrogen) atoms. The number of nitrogens with zero attached hydrogens (tertiary/aromatic N) is 2. The van der Waals surface area contributed by atoms with Gasteiger partial charge in [-0.2, -0.15) is 0 Å². The second-order valence-electron chi connectivity index (χ2n) is 4.75. The molecule has 0 unspecified atom stereocenters. The summed E-state index contributed by atoms with van der Waals surface area (Å²) in [5.74, 6) is -0.704. The molecule has 6 nitrogen and oxygen atoms in total. The predicted molar refractivity (Wildman–Crippen MR) is 84.7 cm³/mol. The lowest BCUT2D eigenvalue weighted by Crippen LogP contribution is -2.20. The Morgan fingerprint density at radius 3 is 2.61 bits per heavy atom. The van der Waals surface area contributed by atoms with E-state index >= 15 is 0 Å². The van der Waals surface area contributed by atoms with Gasteiger partial charge in [-0.15, -0.1) is 0 Å². The Kier molecular flexibility index (Phi) is 3.87. The fourth-order valence-corrected chi connectivity index (χ4v) is 3.78. The van der Waals surface area contributed by atoms with Crippen molar-refractivity contribution in [3.63, 3.8) is 0 Å². The van der Waals surface area contributed by atoms with Gasteiger partial charge in [-0.3, -0.25) is 0 Å². The number of aromatic nitrogens is 2. The summed E-state index contributed by atoms with van der Waals surface area (Å²) in [5.41, 5.74) is 0.129. The zero-order valence-electron chi connectivity index (χ0n) is 12.3. The lowest BCUT2D eigenvalue weighted by Gasteiger charge is -2.10. The van der Waals surface area contributed by atoms with E-state index in [-0.39, 0.29) is 22.8 Å². The highest BCUT2D eigenvalue weighted by Crippen LogP contribution is 2.24. The number of hydrogen-bond donors (Lipinski definition) is 0. The van der Waals surface area contributed by atoms with Crippen molar-refractivity contribution in [1.82, 2.24) is 8.96 Å². The van der Waals surface area contributed by atoms with Gasteiger partial charge in [0.05, 0.1) is 11.5 Å². The summed E-state index contributed by atoms with van der Waals surface area (Å²) in [7, 11) is -3.96. The normalized spacial score (nSPS) is 11.5. The first-order valence-corrected chi connectivity index (χ1v) is 8.44. The van der Waals surface area contributed by atoms with Crippen LogP contribution in [-0.4, -0.2) is 30.0 Å². The molecule has 0 aliphatic carbocycles. The van der Waals surface area contributed by atoms with Crippen LogP contribution in [0.25, 0.3) is 11.0 Å². The molecule has 0 spiro atoms. The van der Waals surface area contributed by atoms with Crippen molar-refractivity contribution in [2.24, 2.45) is 0 Å². The first-order valence-electron chi connectivity index (χ1n) is 7.00. The van der Waals surface area contributed by atoms with E-state index in [1.54, 1.807) is 37.3 Å². The Hall–Kier alpha value is -2.67. The third-order valence-corrected chi connectivity index (χ3v) is 5.00. The minimum Gasteiger partial charge on any atom is -0.461 e. The number of ether oxygens (including phenoxy) is 1. The highest BCUT2D eigenvalue weighted by molar-refractivity contribution is 7.90. The van der Waals surface area contributed by atoms with Crippen LogP contribution in [0.5, 0.6) is 0 Å². The number of fused-ring (bicyclic) bond motifs is 1. The van der Waals surface area contributed by atoms with Crippen LogP contribution in [0.2, 0.25) is 0 Å². The van der Waals surface area contributed by atoms with Crippen molar-refractivity contribution in [2.45, 2.75) is 11.8 Å². The van der Waals surface area contributed by atoms with Gasteiger partial charge in [-0.25, -0.2) is 22.2 Å². The standard InChI is InChI=1S/C16H14N2O4S/c1-2-22-16(19)14-11-12-7-6-10-17-15(12)18(14)23(20,21)13-8-4-3-5-9-13/h3-11H,2H2,1H3. The summed E-state index contributed by atoms with van der Waals surface area (Å²) >= 11 is 0. The molecule has 2 heterocycles. The summed E-state index contributed by atoms with van der Waals surface area (Å²) < 4.78 is 31.8. The molecule has 0 aliphatic rings. The molecule has 0 bridgehead atoms. The summed E-state index contributed by atoms with van der Waals surface area (Å²) in [6.45, 7) is 1.81. The van der Waals surface area contributed by atoms with Gasteiger partial charge in [0.15, 0.2) is 5.65 Å². The lowest BCUT2D eigenvalue weighted by molar-refractivity contribution is 0.0518. The zero-order valence-corrected chi connectivity index (χ0v) is 13.2. The third kappa shape index (κ3) is 2.59. The Labute approximate surface area is 133 Å². The summed E-state index contributed by atoms with van der Waals surface area (Å²) in [5, 5.41) is 0.551. The second-order valence-corrected chi connectivity index (χ2v) is 6.54. The Morgan fingerprint density at radius 2 is 1.91 bits per heavy atom. The SMILES string of the molecule is CCOC(=O)c1cc2cccnc2n1S(=O)(=O)c1ccccc1. The van der Waals surface area contributed by atoms with Gasteiger partial charge in [0.1, 0.15) is 5.69 Å². The molecule has 7 heteroatoms. The van der Waals surface area contributed by atoms with Crippen molar-refractivity contribution >= 4 is 27.0 Å². The first kappa shape index (κ1) is 15.2. The number of carbonyl (C=O) groups excluding carboxylic acids is 1. The van der Waals surface area contributed by atoms with Crippen molar-refractivity contribution in [2.75, 3.05) is 6.61 Å². The molecule has 0 radical (unpaired) electrons. The average molecular weight is 330 g/mol. The largest absolute Gasteiger partial charge is 0.461 e. The van der Waals surface area contributed by atoms with Crippen LogP contribution in [0.3, 0.4) is 0 Å². The summed E-state index contributed by atoms with van der Waals surface area (Å²) in [6.07, 6.45) is 1.48. The number of benzene rings is 1. The second kappa shape index (κ2) is 5.85. The third-order valence-electron chi connectivity index (χ3n) is 3.29.